The molecule has 0 atom stereocenters. The summed E-state index contributed by atoms with van der Waals surface area (Å²) >= 11 is 0. The van der Waals surface area contributed by atoms with E-state index in [-0.39, 0.29) is 0 Å². The van der Waals surface area contributed by atoms with Crippen LogP contribution in [0.25, 0.3) is 0 Å². The molecular weight excluding hydrogens is 327 g/mol. The Morgan fingerprint density at radius 3 is 0.857 bits per heavy atom. The van der Waals surface area contributed by atoms with Crippen molar-refractivity contribution in [2.75, 3.05) is 0 Å². The molecule has 4 saturated carbocycles. The quantitative estimate of drug-likeness (QED) is 0.601. The molecule has 0 amide bonds. The normalized spacial score (nSPS) is 32.5. The van der Waals surface area contributed by atoms with Crippen LogP contribution in [0.3, 0.4) is 0 Å². The van der Waals surface area contributed by atoms with Gasteiger partial charge in [-0.1, -0.05) is 36.4 Å². The maximum atomic E-state index is 9.16. The van der Waals surface area contributed by atoms with Crippen molar-refractivity contribution >= 4 is 29.6 Å². The fraction of sp³-hybridized carbons (Fsp3) is 0.625. The van der Waals surface area contributed by atoms with Crippen LogP contribution in [-0.4, -0.2) is 8.42 Å². The fourth-order valence-electron chi connectivity index (χ4n) is 4.37. The maximum Gasteiger partial charge on any atom is 0.317 e. The van der Waals surface area contributed by atoms with Crippen molar-refractivity contribution in [1.29, 1.82) is 0 Å². The number of rotatable bonds is 0. The second-order valence-corrected chi connectivity index (χ2v) is 10.1. The van der Waals surface area contributed by atoms with Gasteiger partial charge in [0.15, 0.2) is 0 Å². The summed E-state index contributed by atoms with van der Waals surface area (Å²) in [6.07, 6.45) is 9.62. The molecule has 0 aromatic heterocycles. The van der Waals surface area contributed by atoms with E-state index in [0.29, 0.717) is 0 Å². The van der Waals surface area contributed by atoms with E-state index in [0.717, 1.165) is 0 Å². The molecule has 5 rings (SSSR count). The lowest BCUT2D eigenvalue weighted by Crippen LogP contribution is -2.38. The first-order chi connectivity index (χ1) is 9.90. The van der Waals surface area contributed by atoms with Crippen LogP contribution < -0.4 is 0 Å². The zero-order valence-corrected chi connectivity index (χ0v) is 14.3. The van der Waals surface area contributed by atoms with Gasteiger partial charge in [0, 0.05) is 21.4 Å². The predicted octanol–water partition coefficient (Wildman–Crippen LogP) is 5.23. The van der Waals surface area contributed by atoms with E-state index in [4.69, 9.17) is 8.42 Å². The monoisotopic (exact) mass is 348 g/mol. The van der Waals surface area contributed by atoms with Gasteiger partial charge < -0.3 is 0 Å². The topological polar surface area (TPSA) is 34.1 Å². The molecule has 1 aromatic rings. The molecule has 0 radical (unpaired) electrons. The number of hydrogen-bond acceptors (Lipinski definition) is 2. The van der Waals surface area contributed by atoms with Crippen LogP contribution in [0.5, 0.6) is 0 Å². The van der Waals surface area contributed by atoms with Crippen LogP contribution in [0.4, 0.5) is 0 Å². The number of hydrogen-bond donors (Lipinski definition) is 0. The Morgan fingerprint density at radius 1 is 0.571 bits per heavy atom. The molecule has 118 valence electrons. The molecule has 21 heavy (non-hydrogen) atoms. The SMILES string of the molecule is C1C2CC3CC1CC(C2)C3.O=S(=O)(Cl)Cl.c1ccccc1. The maximum absolute atomic E-state index is 9.16. The lowest BCUT2D eigenvalue weighted by Gasteiger charge is -2.49. The van der Waals surface area contributed by atoms with E-state index in [1.54, 1.807) is 38.5 Å². The zero-order valence-electron chi connectivity index (χ0n) is 12.0. The van der Waals surface area contributed by atoms with E-state index >= 15 is 0 Å². The molecule has 4 fully saturated rings. The lowest BCUT2D eigenvalue weighted by atomic mass is 9.56. The van der Waals surface area contributed by atoms with Gasteiger partial charge in [0.05, 0.1) is 0 Å². The fourth-order valence-corrected chi connectivity index (χ4v) is 4.37. The minimum atomic E-state index is -3.72. The van der Waals surface area contributed by atoms with E-state index < -0.39 is 8.26 Å². The largest absolute Gasteiger partial charge is 0.317 e. The van der Waals surface area contributed by atoms with Crippen molar-refractivity contribution in [3.63, 3.8) is 0 Å². The van der Waals surface area contributed by atoms with E-state index in [9.17, 15) is 0 Å². The summed E-state index contributed by atoms with van der Waals surface area (Å²) < 4.78 is 18.3. The van der Waals surface area contributed by atoms with Crippen molar-refractivity contribution in [3.05, 3.63) is 36.4 Å². The molecule has 4 aliphatic carbocycles. The first-order valence-electron chi connectivity index (χ1n) is 7.54. The molecule has 0 heterocycles. The summed E-state index contributed by atoms with van der Waals surface area (Å²) in [5.41, 5.74) is 0. The van der Waals surface area contributed by atoms with Crippen molar-refractivity contribution in [2.45, 2.75) is 38.5 Å². The molecule has 5 heteroatoms. The average Bonchev–Trinajstić information content (AvgIpc) is 2.38. The van der Waals surface area contributed by atoms with Gasteiger partial charge in [-0.3, -0.25) is 0 Å². The number of halogens is 2. The van der Waals surface area contributed by atoms with Gasteiger partial charge in [0.2, 0.25) is 0 Å². The van der Waals surface area contributed by atoms with Crippen LogP contribution >= 0.6 is 21.4 Å². The van der Waals surface area contributed by atoms with E-state index in [2.05, 4.69) is 21.4 Å². The Kier molecular flexibility index (Phi) is 6.39. The van der Waals surface area contributed by atoms with Crippen molar-refractivity contribution in [3.8, 4) is 0 Å². The highest BCUT2D eigenvalue weighted by Crippen LogP contribution is 2.53. The Balaban J connectivity index is 0.000000128. The Bertz CT molecular complexity index is 425. The molecule has 0 saturated heterocycles. The number of benzene rings is 1. The highest BCUT2D eigenvalue weighted by Gasteiger charge is 2.41. The van der Waals surface area contributed by atoms with Crippen LogP contribution in [-0.2, 0) is 8.26 Å². The van der Waals surface area contributed by atoms with Gasteiger partial charge in [-0.05, 0) is 62.2 Å². The van der Waals surface area contributed by atoms with Crippen LogP contribution in [0.15, 0.2) is 36.4 Å². The zero-order chi connectivity index (χ0) is 15.3. The van der Waals surface area contributed by atoms with E-state index in [1.165, 1.54) is 23.7 Å². The van der Waals surface area contributed by atoms with Gasteiger partial charge in [-0.25, -0.2) is 0 Å². The highest BCUT2D eigenvalue weighted by atomic mass is 36.0. The Morgan fingerprint density at radius 2 is 0.714 bits per heavy atom. The smallest absolute Gasteiger partial charge is 0.195 e. The summed E-state index contributed by atoms with van der Waals surface area (Å²) in [6.45, 7) is 0. The molecule has 2 nitrogen and oxygen atoms in total. The van der Waals surface area contributed by atoms with E-state index in [1.807, 2.05) is 36.4 Å². The average molecular weight is 349 g/mol. The molecule has 0 N–H and O–H groups in total. The molecule has 0 spiro atoms. The summed E-state index contributed by atoms with van der Waals surface area (Å²) in [4.78, 5) is 0. The predicted molar refractivity (Wildman–Crippen MR) is 88.7 cm³/mol. The van der Waals surface area contributed by atoms with Gasteiger partial charge in [-0.15, -0.1) is 0 Å². The first kappa shape index (κ1) is 17.1. The molecule has 0 aliphatic heterocycles. The van der Waals surface area contributed by atoms with Gasteiger partial charge in [-0.2, -0.15) is 8.42 Å². The third kappa shape index (κ3) is 7.03. The highest BCUT2D eigenvalue weighted by molar-refractivity contribution is 8.31. The van der Waals surface area contributed by atoms with Crippen molar-refractivity contribution < 1.29 is 8.42 Å². The third-order valence-corrected chi connectivity index (χ3v) is 4.67. The second kappa shape index (κ2) is 7.85. The summed E-state index contributed by atoms with van der Waals surface area (Å²) in [7, 11) is 4.81. The Labute approximate surface area is 136 Å². The van der Waals surface area contributed by atoms with Crippen LogP contribution in [0.1, 0.15) is 38.5 Å². The van der Waals surface area contributed by atoms with Crippen LogP contribution in [0, 0.1) is 23.7 Å². The second-order valence-electron chi connectivity index (χ2n) is 6.41. The van der Waals surface area contributed by atoms with Crippen LogP contribution in [0.2, 0.25) is 0 Å². The lowest BCUT2D eigenvalue weighted by molar-refractivity contribution is 0.0198. The van der Waals surface area contributed by atoms with Gasteiger partial charge in [0.25, 0.3) is 0 Å². The molecular formula is C16H22Cl2O2S. The minimum Gasteiger partial charge on any atom is -0.195 e. The van der Waals surface area contributed by atoms with Gasteiger partial charge >= 0.3 is 8.26 Å². The Hall–Kier alpha value is -0.250. The van der Waals surface area contributed by atoms with Crippen molar-refractivity contribution in [2.24, 2.45) is 23.7 Å². The standard InChI is InChI=1S/C10H16.C6H6.Cl2O2S/c1-7-2-9-4-8(1)5-10(3-7)6-9;1-2-4-6-5-3-1;1-5(2,3)4/h7-10H,1-6H2;1-6H;. The summed E-state index contributed by atoms with van der Waals surface area (Å²) in [6, 6.07) is 12.0. The summed E-state index contributed by atoms with van der Waals surface area (Å²) in [5, 5.41) is 0. The molecule has 4 aliphatic rings. The first-order valence-corrected chi connectivity index (χ1v) is 10.7. The summed E-state index contributed by atoms with van der Waals surface area (Å²) in [5.74, 6) is 4.71. The molecule has 0 unspecified atom stereocenters. The molecule has 4 bridgehead atoms. The van der Waals surface area contributed by atoms with Gasteiger partial charge in [0.1, 0.15) is 0 Å². The minimum absolute atomic E-state index is 1.18. The van der Waals surface area contributed by atoms with Crippen molar-refractivity contribution in [1.82, 2.24) is 0 Å². The molecule has 1 aromatic carbocycles. The third-order valence-electron chi connectivity index (χ3n) is 4.67.